The third-order valence-electron chi connectivity index (χ3n) is 2.71. The molecule has 0 radical (unpaired) electrons. The summed E-state index contributed by atoms with van der Waals surface area (Å²) in [5.74, 6) is -0.103. The highest BCUT2D eigenvalue weighted by Gasteiger charge is 2.09. The fourth-order valence-electron chi connectivity index (χ4n) is 1.87. The summed E-state index contributed by atoms with van der Waals surface area (Å²) in [6.07, 6.45) is 3.41. The number of halogens is 1. The Kier molecular flexibility index (Phi) is 2.73. The quantitative estimate of drug-likeness (QED) is 0.820. The van der Waals surface area contributed by atoms with E-state index in [1.807, 2.05) is 36.0 Å². The van der Waals surface area contributed by atoms with E-state index < -0.39 is 0 Å². The molecule has 2 aromatic rings. The van der Waals surface area contributed by atoms with Gasteiger partial charge in [0.15, 0.2) is 5.82 Å². The number of fused-ring (bicyclic) bond motifs is 1. The molecule has 1 heterocycles. The van der Waals surface area contributed by atoms with Crippen molar-refractivity contribution in [1.82, 2.24) is 4.57 Å². The van der Waals surface area contributed by atoms with Gasteiger partial charge < -0.3 is 10.3 Å². The standard InChI is InChI=1S/C12H15FN2/c1-15-8-6-10-5-4-9(3-2-7-14)11(13)12(10)15/h4-6,8H,2-3,7,14H2,1H3. The first kappa shape index (κ1) is 10.2. The maximum Gasteiger partial charge on any atom is 0.150 e. The molecular formula is C12H15FN2. The van der Waals surface area contributed by atoms with Crippen molar-refractivity contribution in [3.63, 3.8) is 0 Å². The zero-order chi connectivity index (χ0) is 10.8. The second kappa shape index (κ2) is 4.03. The molecule has 1 aromatic carbocycles. The predicted octanol–water partition coefficient (Wildman–Crippen LogP) is 2.21. The summed E-state index contributed by atoms with van der Waals surface area (Å²) in [6.45, 7) is 0.602. The molecule has 0 saturated heterocycles. The molecule has 0 fully saturated rings. The molecule has 0 saturated carbocycles. The minimum atomic E-state index is -0.103. The van der Waals surface area contributed by atoms with E-state index in [1.54, 1.807) is 0 Å². The number of aryl methyl sites for hydroxylation is 2. The topological polar surface area (TPSA) is 30.9 Å². The van der Waals surface area contributed by atoms with Crippen LogP contribution in [-0.4, -0.2) is 11.1 Å². The van der Waals surface area contributed by atoms with Crippen LogP contribution < -0.4 is 5.73 Å². The molecule has 0 spiro atoms. The van der Waals surface area contributed by atoms with Crippen LogP contribution in [0.5, 0.6) is 0 Å². The lowest BCUT2D eigenvalue weighted by atomic mass is 10.1. The molecule has 0 amide bonds. The highest BCUT2D eigenvalue weighted by Crippen LogP contribution is 2.22. The average molecular weight is 206 g/mol. The first-order chi connectivity index (χ1) is 7.24. The lowest BCUT2D eigenvalue weighted by Gasteiger charge is -2.05. The third kappa shape index (κ3) is 1.75. The molecule has 3 heteroatoms. The van der Waals surface area contributed by atoms with E-state index in [0.717, 1.165) is 17.4 Å². The number of nitrogens with two attached hydrogens (primary N) is 1. The van der Waals surface area contributed by atoms with Crippen molar-refractivity contribution in [3.8, 4) is 0 Å². The molecule has 2 rings (SSSR count). The fourth-order valence-corrected chi connectivity index (χ4v) is 1.87. The van der Waals surface area contributed by atoms with Crippen molar-refractivity contribution in [2.24, 2.45) is 12.8 Å². The summed E-state index contributed by atoms with van der Waals surface area (Å²) < 4.78 is 15.8. The molecule has 2 nitrogen and oxygen atoms in total. The first-order valence-corrected chi connectivity index (χ1v) is 5.16. The minimum Gasteiger partial charge on any atom is -0.348 e. The summed E-state index contributed by atoms with van der Waals surface area (Å²) >= 11 is 0. The SMILES string of the molecule is Cn1ccc2ccc(CCCN)c(F)c21. The van der Waals surface area contributed by atoms with Gasteiger partial charge in [-0.1, -0.05) is 12.1 Å². The molecule has 2 N–H and O–H groups in total. The van der Waals surface area contributed by atoms with E-state index in [4.69, 9.17) is 5.73 Å². The summed E-state index contributed by atoms with van der Waals surface area (Å²) in [5.41, 5.74) is 6.87. The van der Waals surface area contributed by atoms with Crippen molar-refractivity contribution >= 4 is 10.9 Å². The van der Waals surface area contributed by atoms with Crippen molar-refractivity contribution in [2.75, 3.05) is 6.54 Å². The van der Waals surface area contributed by atoms with Gasteiger partial charge in [0.25, 0.3) is 0 Å². The van der Waals surface area contributed by atoms with Gasteiger partial charge in [-0.05, 0) is 31.0 Å². The monoisotopic (exact) mass is 206 g/mol. The first-order valence-electron chi connectivity index (χ1n) is 5.16. The van der Waals surface area contributed by atoms with Gasteiger partial charge in [0.1, 0.15) is 0 Å². The summed E-state index contributed by atoms with van der Waals surface area (Å²) in [7, 11) is 1.86. The van der Waals surface area contributed by atoms with E-state index in [0.29, 0.717) is 18.5 Å². The Morgan fingerprint density at radius 3 is 2.87 bits per heavy atom. The number of hydrogen-bond donors (Lipinski definition) is 1. The van der Waals surface area contributed by atoms with Crippen LogP contribution in [0.2, 0.25) is 0 Å². The number of benzene rings is 1. The zero-order valence-electron chi connectivity index (χ0n) is 8.83. The van der Waals surface area contributed by atoms with Crippen LogP contribution in [0.3, 0.4) is 0 Å². The van der Waals surface area contributed by atoms with Crippen LogP contribution in [0.25, 0.3) is 10.9 Å². The molecule has 0 bridgehead atoms. The Labute approximate surface area is 88.5 Å². The van der Waals surface area contributed by atoms with Crippen LogP contribution in [-0.2, 0) is 13.5 Å². The van der Waals surface area contributed by atoms with Gasteiger partial charge in [-0.2, -0.15) is 0 Å². The van der Waals surface area contributed by atoms with Crippen LogP contribution in [0.1, 0.15) is 12.0 Å². The number of nitrogens with zero attached hydrogens (tertiary/aromatic N) is 1. The number of aromatic nitrogens is 1. The summed E-state index contributed by atoms with van der Waals surface area (Å²) in [6, 6.07) is 5.74. The lowest BCUT2D eigenvalue weighted by molar-refractivity contribution is 0.610. The second-order valence-electron chi connectivity index (χ2n) is 3.80. The van der Waals surface area contributed by atoms with Crippen LogP contribution >= 0.6 is 0 Å². The highest BCUT2D eigenvalue weighted by atomic mass is 19.1. The Morgan fingerprint density at radius 1 is 1.33 bits per heavy atom. The normalized spacial score (nSPS) is 11.1. The Morgan fingerprint density at radius 2 is 2.13 bits per heavy atom. The number of rotatable bonds is 3. The van der Waals surface area contributed by atoms with E-state index in [9.17, 15) is 4.39 Å². The molecule has 0 unspecified atom stereocenters. The van der Waals surface area contributed by atoms with Gasteiger partial charge in [0.05, 0.1) is 5.52 Å². The molecule has 0 aliphatic rings. The van der Waals surface area contributed by atoms with E-state index in [1.165, 1.54) is 0 Å². The van der Waals surface area contributed by atoms with Crippen LogP contribution in [0, 0.1) is 5.82 Å². The molecule has 1 aromatic heterocycles. The second-order valence-corrected chi connectivity index (χ2v) is 3.80. The Hall–Kier alpha value is -1.35. The van der Waals surface area contributed by atoms with Crippen molar-refractivity contribution in [1.29, 1.82) is 0 Å². The Balaban J connectivity index is 2.49. The van der Waals surface area contributed by atoms with Gasteiger partial charge in [-0.15, -0.1) is 0 Å². The highest BCUT2D eigenvalue weighted by molar-refractivity contribution is 5.81. The lowest BCUT2D eigenvalue weighted by Crippen LogP contribution is -2.02. The van der Waals surface area contributed by atoms with Gasteiger partial charge in [-0.3, -0.25) is 0 Å². The summed E-state index contributed by atoms with van der Waals surface area (Å²) in [4.78, 5) is 0. The number of hydrogen-bond acceptors (Lipinski definition) is 1. The van der Waals surface area contributed by atoms with Crippen LogP contribution in [0.4, 0.5) is 4.39 Å². The maximum absolute atomic E-state index is 14.0. The molecule has 80 valence electrons. The molecule has 0 aliphatic heterocycles. The van der Waals surface area contributed by atoms with E-state index in [-0.39, 0.29) is 5.82 Å². The minimum absolute atomic E-state index is 0.103. The van der Waals surface area contributed by atoms with Gasteiger partial charge in [0, 0.05) is 18.6 Å². The fraction of sp³-hybridized carbons (Fsp3) is 0.333. The zero-order valence-corrected chi connectivity index (χ0v) is 8.83. The predicted molar refractivity (Wildman–Crippen MR) is 60.3 cm³/mol. The third-order valence-corrected chi connectivity index (χ3v) is 2.71. The molecule has 0 atom stereocenters. The molecule has 0 aliphatic carbocycles. The molecular weight excluding hydrogens is 191 g/mol. The maximum atomic E-state index is 14.0. The van der Waals surface area contributed by atoms with E-state index >= 15 is 0 Å². The largest absolute Gasteiger partial charge is 0.348 e. The smallest absolute Gasteiger partial charge is 0.150 e. The van der Waals surface area contributed by atoms with E-state index in [2.05, 4.69) is 0 Å². The van der Waals surface area contributed by atoms with Crippen molar-refractivity contribution < 1.29 is 4.39 Å². The van der Waals surface area contributed by atoms with Gasteiger partial charge in [0.2, 0.25) is 0 Å². The van der Waals surface area contributed by atoms with Crippen molar-refractivity contribution in [2.45, 2.75) is 12.8 Å². The summed E-state index contributed by atoms with van der Waals surface area (Å²) in [5, 5.41) is 0.950. The average Bonchev–Trinajstić information content (AvgIpc) is 2.60. The van der Waals surface area contributed by atoms with Crippen LogP contribution in [0.15, 0.2) is 24.4 Å². The van der Waals surface area contributed by atoms with Gasteiger partial charge in [-0.25, -0.2) is 4.39 Å². The van der Waals surface area contributed by atoms with Crippen molar-refractivity contribution in [3.05, 3.63) is 35.8 Å². The Bertz CT molecular complexity index is 474. The molecule has 15 heavy (non-hydrogen) atoms. The van der Waals surface area contributed by atoms with Gasteiger partial charge >= 0.3 is 0 Å².